The van der Waals surface area contributed by atoms with Crippen molar-refractivity contribution in [3.63, 3.8) is 0 Å². The second-order valence-corrected chi connectivity index (χ2v) is 4.38. The number of carbonyl (C=O) groups is 1. The van der Waals surface area contributed by atoms with Gasteiger partial charge in [0.2, 0.25) is 0 Å². The summed E-state index contributed by atoms with van der Waals surface area (Å²) in [6, 6.07) is 11.0. The van der Waals surface area contributed by atoms with Crippen LogP contribution in [0.1, 0.15) is 15.9 Å². The van der Waals surface area contributed by atoms with Gasteiger partial charge < -0.3 is 9.67 Å². The third kappa shape index (κ3) is 2.20. The van der Waals surface area contributed by atoms with Crippen LogP contribution in [0.4, 0.5) is 0 Å². The minimum Gasteiger partial charge on any atom is -0.478 e. The number of aromatic nitrogens is 2. The van der Waals surface area contributed by atoms with Gasteiger partial charge in [-0.2, -0.15) is 0 Å². The number of rotatable bonds is 3. The molecule has 0 amide bonds. The van der Waals surface area contributed by atoms with E-state index >= 15 is 0 Å². The van der Waals surface area contributed by atoms with Gasteiger partial charge in [-0.1, -0.05) is 12.1 Å². The van der Waals surface area contributed by atoms with Crippen molar-refractivity contribution in [3.05, 3.63) is 66.1 Å². The van der Waals surface area contributed by atoms with E-state index in [9.17, 15) is 4.79 Å². The molecule has 4 nitrogen and oxygen atoms in total. The monoisotopic (exact) mass is 252 g/mol. The summed E-state index contributed by atoms with van der Waals surface area (Å²) in [6.45, 7) is 0.681. The summed E-state index contributed by atoms with van der Waals surface area (Å²) in [5, 5.41) is 10.1. The molecule has 0 spiro atoms. The zero-order valence-electron chi connectivity index (χ0n) is 10.2. The van der Waals surface area contributed by atoms with E-state index in [0.29, 0.717) is 12.1 Å². The van der Waals surface area contributed by atoms with Gasteiger partial charge in [-0.25, -0.2) is 4.79 Å². The molecule has 0 saturated heterocycles. The van der Waals surface area contributed by atoms with E-state index < -0.39 is 5.97 Å². The molecule has 0 bridgehead atoms. The van der Waals surface area contributed by atoms with Crippen molar-refractivity contribution in [3.8, 4) is 0 Å². The van der Waals surface area contributed by atoms with Crippen LogP contribution in [-0.2, 0) is 6.54 Å². The minimum atomic E-state index is -0.906. The van der Waals surface area contributed by atoms with Gasteiger partial charge in [-0.15, -0.1) is 0 Å². The van der Waals surface area contributed by atoms with Crippen molar-refractivity contribution in [1.82, 2.24) is 9.55 Å². The molecule has 94 valence electrons. The standard InChI is InChI=1S/C15H12N2O2/c18-15(19)13-4-3-12-5-7-17(14(12)8-13)10-11-2-1-6-16-9-11/h1-9H,10H2,(H,18,19). The molecule has 2 aromatic heterocycles. The quantitative estimate of drug-likeness (QED) is 0.779. The summed E-state index contributed by atoms with van der Waals surface area (Å²) in [5.74, 6) is -0.906. The van der Waals surface area contributed by atoms with E-state index in [0.717, 1.165) is 16.5 Å². The average molecular weight is 252 g/mol. The van der Waals surface area contributed by atoms with E-state index in [-0.39, 0.29) is 0 Å². The highest BCUT2D eigenvalue weighted by molar-refractivity contribution is 5.93. The van der Waals surface area contributed by atoms with Crippen LogP contribution in [0.25, 0.3) is 10.9 Å². The number of aromatic carboxylic acids is 1. The summed E-state index contributed by atoms with van der Waals surface area (Å²) in [4.78, 5) is 15.1. The number of hydrogen-bond acceptors (Lipinski definition) is 2. The van der Waals surface area contributed by atoms with Crippen LogP contribution in [0.2, 0.25) is 0 Å². The number of hydrogen-bond donors (Lipinski definition) is 1. The topological polar surface area (TPSA) is 55.1 Å². The molecule has 19 heavy (non-hydrogen) atoms. The molecule has 2 heterocycles. The maximum atomic E-state index is 11.0. The van der Waals surface area contributed by atoms with Crippen molar-refractivity contribution >= 4 is 16.9 Å². The Balaban J connectivity index is 2.04. The van der Waals surface area contributed by atoms with Crippen LogP contribution in [0.15, 0.2) is 55.0 Å². The van der Waals surface area contributed by atoms with E-state index in [1.54, 1.807) is 18.3 Å². The Morgan fingerprint density at radius 2 is 2.16 bits per heavy atom. The minimum absolute atomic E-state index is 0.304. The lowest BCUT2D eigenvalue weighted by Crippen LogP contribution is -2.00. The van der Waals surface area contributed by atoms with Crippen LogP contribution >= 0.6 is 0 Å². The normalized spacial score (nSPS) is 10.7. The van der Waals surface area contributed by atoms with Crippen molar-refractivity contribution in [1.29, 1.82) is 0 Å². The molecule has 0 aliphatic heterocycles. The number of fused-ring (bicyclic) bond motifs is 1. The third-order valence-electron chi connectivity index (χ3n) is 3.10. The van der Waals surface area contributed by atoms with E-state index in [1.165, 1.54) is 0 Å². The van der Waals surface area contributed by atoms with Gasteiger partial charge in [0.1, 0.15) is 0 Å². The van der Waals surface area contributed by atoms with Gasteiger partial charge in [0, 0.05) is 30.7 Å². The Hall–Kier alpha value is -2.62. The van der Waals surface area contributed by atoms with Crippen molar-refractivity contribution in [2.45, 2.75) is 6.54 Å². The Kier molecular flexibility index (Phi) is 2.76. The number of carboxylic acids is 1. The number of carboxylic acid groups (broad SMARTS) is 1. The van der Waals surface area contributed by atoms with Gasteiger partial charge in [-0.05, 0) is 35.2 Å². The van der Waals surface area contributed by atoms with E-state index in [4.69, 9.17) is 5.11 Å². The molecule has 0 unspecified atom stereocenters. The third-order valence-corrected chi connectivity index (χ3v) is 3.10. The summed E-state index contributed by atoms with van der Waals surface area (Å²) in [6.07, 6.45) is 5.51. The maximum Gasteiger partial charge on any atom is 0.335 e. The first-order valence-corrected chi connectivity index (χ1v) is 5.95. The van der Waals surface area contributed by atoms with Gasteiger partial charge in [0.05, 0.1) is 5.56 Å². The zero-order valence-corrected chi connectivity index (χ0v) is 10.2. The fourth-order valence-electron chi connectivity index (χ4n) is 2.14. The highest BCUT2D eigenvalue weighted by Crippen LogP contribution is 2.19. The second kappa shape index (κ2) is 4.57. The van der Waals surface area contributed by atoms with Gasteiger partial charge in [-0.3, -0.25) is 4.98 Å². The van der Waals surface area contributed by atoms with Gasteiger partial charge >= 0.3 is 5.97 Å². The first-order chi connectivity index (χ1) is 9.24. The van der Waals surface area contributed by atoms with Crippen LogP contribution in [0.3, 0.4) is 0 Å². The second-order valence-electron chi connectivity index (χ2n) is 4.38. The predicted molar refractivity (Wildman–Crippen MR) is 72.2 cm³/mol. The SMILES string of the molecule is O=C(O)c1ccc2ccn(Cc3cccnc3)c2c1. The van der Waals surface area contributed by atoms with Crippen LogP contribution in [0, 0.1) is 0 Å². The summed E-state index contributed by atoms with van der Waals surface area (Å²) >= 11 is 0. The molecule has 1 N–H and O–H groups in total. The molecule has 3 aromatic rings. The number of pyridine rings is 1. The maximum absolute atomic E-state index is 11.0. The smallest absolute Gasteiger partial charge is 0.335 e. The van der Waals surface area contributed by atoms with Crippen LogP contribution < -0.4 is 0 Å². The molecule has 0 fully saturated rings. The van der Waals surface area contributed by atoms with Crippen LogP contribution in [-0.4, -0.2) is 20.6 Å². The summed E-state index contributed by atoms with van der Waals surface area (Å²) in [7, 11) is 0. The van der Waals surface area contributed by atoms with Crippen molar-refractivity contribution in [2.75, 3.05) is 0 Å². The van der Waals surface area contributed by atoms with E-state index in [1.807, 2.05) is 41.2 Å². The first kappa shape index (κ1) is 11.5. The molecule has 1 aromatic carbocycles. The Bertz CT molecular complexity index is 732. The largest absolute Gasteiger partial charge is 0.478 e. The Morgan fingerprint density at radius 3 is 2.89 bits per heavy atom. The van der Waals surface area contributed by atoms with Crippen molar-refractivity contribution < 1.29 is 9.90 Å². The number of nitrogens with zero attached hydrogens (tertiary/aromatic N) is 2. The van der Waals surface area contributed by atoms with Gasteiger partial charge in [0.15, 0.2) is 0 Å². The molecule has 0 aliphatic carbocycles. The lowest BCUT2D eigenvalue weighted by molar-refractivity contribution is 0.0697. The van der Waals surface area contributed by atoms with Crippen LogP contribution in [0.5, 0.6) is 0 Å². The van der Waals surface area contributed by atoms with Gasteiger partial charge in [0.25, 0.3) is 0 Å². The Morgan fingerprint density at radius 1 is 1.26 bits per heavy atom. The molecule has 3 rings (SSSR count). The molecule has 0 saturated carbocycles. The average Bonchev–Trinajstić information content (AvgIpc) is 2.82. The molecule has 0 atom stereocenters. The molecule has 0 radical (unpaired) electrons. The molecular formula is C15H12N2O2. The lowest BCUT2D eigenvalue weighted by atomic mass is 10.1. The summed E-state index contributed by atoms with van der Waals surface area (Å²) < 4.78 is 2.03. The fourth-order valence-corrected chi connectivity index (χ4v) is 2.14. The fraction of sp³-hybridized carbons (Fsp3) is 0.0667. The highest BCUT2D eigenvalue weighted by Gasteiger charge is 2.07. The Labute approximate surface area is 109 Å². The number of benzene rings is 1. The molecule has 0 aliphatic rings. The highest BCUT2D eigenvalue weighted by atomic mass is 16.4. The lowest BCUT2D eigenvalue weighted by Gasteiger charge is -2.05. The summed E-state index contributed by atoms with van der Waals surface area (Å²) in [5.41, 5.74) is 2.31. The van der Waals surface area contributed by atoms with Crippen molar-refractivity contribution in [2.24, 2.45) is 0 Å². The first-order valence-electron chi connectivity index (χ1n) is 5.95. The molecule has 4 heteroatoms. The zero-order chi connectivity index (χ0) is 13.2. The molecular weight excluding hydrogens is 240 g/mol. The predicted octanol–water partition coefficient (Wildman–Crippen LogP) is 2.78. The van der Waals surface area contributed by atoms with E-state index in [2.05, 4.69) is 4.98 Å².